The first-order chi connectivity index (χ1) is 7.69. The van der Waals surface area contributed by atoms with Crippen molar-refractivity contribution < 1.29 is 5.11 Å². The van der Waals surface area contributed by atoms with E-state index in [1.165, 1.54) is 0 Å². The lowest BCUT2D eigenvalue weighted by molar-refractivity contribution is 0.220. The Kier molecular flexibility index (Phi) is 4.25. The molecule has 1 aliphatic rings. The molecule has 1 fully saturated rings. The Hall–Kier alpha value is -0.0900. The van der Waals surface area contributed by atoms with E-state index in [1.807, 2.05) is 12.1 Å². The Balaban J connectivity index is 2.01. The SMILES string of the molecule is OCC1CCN(Cc2cc(Br)ccc2Cl)C1. The van der Waals surface area contributed by atoms with Gasteiger partial charge >= 0.3 is 0 Å². The minimum Gasteiger partial charge on any atom is -0.396 e. The molecule has 0 aliphatic carbocycles. The molecule has 1 N–H and O–H groups in total. The molecule has 2 rings (SSSR count). The molecule has 0 radical (unpaired) electrons. The second-order valence-electron chi connectivity index (χ2n) is 4.31. The number of aliphatic hydroxyl groups excluding tert-OH is 1. The molecule has 1 aliphatic heterocycles. The zero-order valence-corrected chi connectivity index (χ0v) is 11.3. The number of hydrogen-bond acceptors (Lipinski definition) is 2. The van der Waals surface area contributed by atoms with Gasteiger partial charge in [0.25, 0.3) is 0 Å². The second-order valence-corrected chi connectivity index (χ2v) is 5.63. The summed E-state index contributed by atoms with van der Waals surface area (Å²) in [6.45, 7) is 3.19. The molecule has 0 amide bonds. The molecule has 88 valence electrons. The molecule has 0 spiro atoms. The number of likely N-dealkylation sites (tertiary alicyclic amines) is 1. The van der Waals surface area contributed by atoms with Crippen molar-refractivity contribution in [1.29, 1.82) is 0 Å². The van der Waals surface area contributed by atoms with E-state index in [4.69, 9.17) is 16.7 Å². The topological polar surface area (TPSA) is 23.5 Å². The molecule has 16 heavy (non-hydrogen) atoms. The van der Waals surface area contributed by atoms with Crippen LogP contribution in [0.2, 0.25) is 5.02 Å². The normalized spacial score (nSPS) is 21.6. The average Bonchev–Trinajstić information content (AvgIpc) is 2.71. The summed E-state index contributed by atoms with van der Waals surface area (Å²) < 4.78 is 1.06. The van der Waals surface area contributed by atoms with Gasteiger partial charge in [-0.15, -0.1) is 0 Å². The first-order valence-electron chi connectivity index (χ1n) is 5.46. The number of nitrogens with zero attached hydrogens (tertiary/aromatic N) is 1. The van der Waals surface area contributed by atoms with Gasteiger partial charge in [0.05, 0.1) is 0 Å². The smallest absolute Gasteiger partial charge is 0.0471 e. The van der Waals surface area contributed by atoms with E-state index in [1.54, 1.807) is 0 Å². The molecule has 2 nitrogen and oxygen atoms in total. The largest absolute Gasteiger partial charge is 0.396 e. The van der Waals surface area contributed by atoms with Gasteiger partial charge in [-0.05, 0) is 42.6 Å². The zero-order valence-electron chi connectivity index (χ0n) is 9.00. The Morgan fingerprint density at radius 2 is 2.31 bits per heavy atom. The molecule has 0 aromatic heterocycles. The Bertz CT molecular complexity index is 372. The average molecular weight is 305 g/mol. The van der Waals surface area contributed by atoms with E-state index in [0.717, 1.165) is 41.1 Å². The highest BCUT2D eigenvalue weighted by molar-refractivity contribution is 9.10. The molecular formula is C12H15BrClNO. The van der Waals surface area contributed by atoms with Crippen molar-refractivity contribution in [3.8, 4) is 0 Å². The molecule has 1 saturated heterocycles. The first-order valence-corrected chi connectivity index (χ1v) is 6.63. The van der Waals surface area contributed by atoms with Crippen molar-refractivity contribution in [3.05, 3.63) is 33.3 Å². The standard InChI is InChI=1S/C12H15BrClNO/c13-11-1-2-12(14)10(5-11)7-15-4-3-9(6-15)8-16/h1-2,5,9,16H,3-4,6-8H2. The van der Waals surface area contributed by atoms with Crippen LogP contribution in [-0.2, 0) is 6.54 Å². The van der Waals surface area contributed by atoms with Crippen LogP contribution in [-0.4, -0.2) is 29.7 Å². The summed E-state index contributed by atoms with van der Waals surface area (Å²) in [4.78, 5) is 2.34. The van der Waals surface area contributed by atoms with Crippen LogP contribution in [0, 0.1) is 5.92 Å². The van der Waals surface area contributed by atoms with Gasteiger partial charge in [-0.3, -0.25) is 4.90 Å². The van der Waals surface area contributed by atoms with Gasteiger partial charge in [-0.1, -0.05) is 27.5 Å². The summed E-state index contributed by atoms with van der Waals surface area (Å²) in [6, 6.07) is 5.93. The minimum atomic E-state index is 0.294. The highest BCUT2D eigenvalue weighted by Gasteiger charge is 2.22. The number of aliphatic hydroxyl groups is 1. The maximum atomic E-state index is 9.09. The molecule has 1 unspecified atom stereocenters. The fourth-order valence-electron chi connectivity index (χ4n) is 2.11. The van der Waals surface area contributed by atoms with Crippen molar-refractivity contribution in [2.24, 2.45) is 5.92 Å². The quantitative estimate of drug-likeness (QED) is 0.928. The van der Waals surface area contributed by atoms with Crippen molar-refractivity contribution in [3.63, 3.8) is 0 Å². The molecular weight excluding hydrogens is 289 g/mol. The summed E-state index contributed by atoms with van der Waals surface area (Å²) >= 11 is 9.60. The van der Waals surface area contributed by atoms with E-state index in [2.05, 4.69) is 26.9 Å². The van der Waals surface area contributed by atoms with Crippen LogP contribution in [0.15, 0.2) is 22.7 Å². The highest BCUT2D eigenvalue weighted by Crippen LogP contribution is 2.25. The molecule has 1 aromatic rings. The summed E-state index contributed by atoms with van der Waals surface area (Å²) in [7, 11) is 0. The lowest BCUT2D eigenvalue weighted by Gasteiger charge is -2.16. The lowest BCUT2D eigenvalue weighted by Crippen LogP contribution is -2.21. The van der Waals surface area contributed by atoms with Crippen LogP contribution in [0.1, 0.15) is 12.0 Å². The molecule has 1 heterocycles. The Morgan fingerprint density at radius 3 is 3.00 bits per heavy atom. The van der Waals surface area contributed by atoms with E-state index in [-0.39, 0.29) is 0 Å². The predicted octanol–water partition coefficient (Wildman–Crippen LogP) is 2.92. The summed E-state index contributed by atoms with van der Waals surface area (Å²) in [5.41, 5.74) is 1.15. The number of halogens is 2. The lowest BCUT2D eigenvalue weighted by atomic mass is 10.1. The summed E-state index contributed by atoms with van der Waals surface area (Å²) in [5.74, 6) is 0.436. The summed E-state index contributed by atoms with van der Waals surface area (Å²) in [5, 5.41) is 9.90. The van der Waals surface area contributed by atoms with Gasteiger partial charge in [0.2, 0.25) is 0 Å². The van der Waals surface area contributed by atoms with Gasteiger partial charge in [0.15, 0.2) is 0 Å². The molecule has 4 heteroatoms. The van der Waals surface area contributed by atoms with Crippen molar-refractivity contribution in [2.75, 3.05) is 19.7 Å². The predicted molar refractivity (Wildman–Crippen MR) is 69.6 cm³/mol. The fourth-order valence-corrected chi connectivity index (χ4v) is 2.70. The van der Waals surface area contributed by atoms with E-state index >= 15 is 0 Å². The molecule has 0 bridgehead atoms. The van der Waals surface area contributed by atoms with Crippen molar-refractivity contribution >= 4 is 27.5 Å². The number of benzene rings is 1. The highest BCUT2D eigenvalue weighted by atomic mass is 79.9. The van der Waals surface area contributed by atoms with Crippen LogP contribution in [0.25, 0.3) is 0 Å². The first kappa shape index (κ1) is 12.4. The zero-order chi connectivity index (χ0) is 11.5. The van der Waals surface area contributed by atoms with Crippen LogP contribution >= 0.6 is 27.5 Å². The van der Waals surface area contributed by atoms with E-state index in [0.29, 0.717) is 12.5 Å². The second kappa shape index (κ2) is 5.50. The fraction of sp³-hybridized carbons (Fsp3) is 0.500. The maximum Gasteiger partial charge on any atom is 0.0471 e. The van der Waals surface area contributed by atoms with Gasteiger partial charge in [0, 0.05) is 29.2 Å². The summed E-state index contributed by atoms with van der Waals surface area (Å²) in [6.07, 6.45) is 1.09. The van der Waals surface area contributed by atoms with Gasteiger partial charge in [-0.2, -0.15) is 0 Å². The Labute approximate surface area is 109 Å². The number of rotatable bonds is 3. The van der Waals surface area contributed by atoms with Crippen molar-refractivity contribution in [1.82, 2.24) is 4.90 Å². The third kappa shape index (κ3) is 2.98. The third-order valence-corrected chi connectivity index (χ3v) is 3.89. The Morgan fingerprint density at radius 1 is 1.50 bits per heavy atom. The van der Waals surface area contributed by atoms with Crippen molar-refractivity contribution in [2.45, 2.75) is 13.0 Å². The van der Waals surface area contributed by atoms with Gasteiger partial charge in [-0.25, -0.2) is 0 Å². The minimum absolute atomic E-state index is 0.294. The third-order valence-electron chi connectivity index (χ3n) is 3.03. The molecule has 0 saturated carbocycles. The van der Waals surface area contributed by atoms with Gasteiger partial charge in [0.1, 0.15) is 0 Å². The van der Waals surface area contributed by atoms with Crippen LogP contribution in [0.5, 0.6) is 0 Å². The van der Waals surface area contributed by atoms with E-state index < -0.39 is 0 Å². The molecule has 1 atom stereocenters. The van der Waals surface area contributed by atoms with Crippen LogP contribution in [0.4, 0.5) is 0 Å². The van der Waals surface area contributed by atoms with Crippen LogP contribution in [0.3, 0.4) is 0 Å². The molecule has 1 aromatic carbocycles. The number of hydrogen-bond donors (Lipinski definition) is 1. The monoisotopic (exact) mass is 303 g/mol. The maximum absolute atomic E-state index is 9.09. The van der Waals surface area contributed by atoms with E-state index in [9.17, 15) is 0 Å². The van der Waals surface area contributed by atoms with Crippen LogP contribution < -0.4 is 0 Å². The van der Waals surface area contributed by atoms with Gasteiger partial charge < -0.3 is 5.11 Å².